The molecule has 4 nitrogen and oxygen atoms in total. The van der Waals surface area contributed by atoms with E-state index >= 15 is 0 Å². The number of nitrogens with zero attached hydrogens (tertiary/aromatic N) is 2. The van der Waals surface area contributed by atoms with Crippen LogP contribution in [-0.2, 0) is 0 Å². The van der Waals surface area contributed by atoms with E-state index in [1.807, 2.05) is 0 Å². The maximum atomic E-state index is 11.3. The Balaban J connectivity index is 2.07. The first-order valence-corrected chi connectivity index (χ1v) is 7.25. The highest BCUT2D eigenvalue weighted by Crippen LogP contribution is 2.21. The Labute approximate surface area is 108 Å². The predicted octanol–water partition coefficient (Wildman–Crippen LogP) is 3.52. The summed E-state index contributed by atoms with van der Waals surface area (Å²) in [6, 6.07) is 3.21. The van der Waals surface area contributed by atoms with Gasteiger partial charge in [0.1, 0.15) is 6.04 Å². The largest absolute Gasteiger partial charge is 0.512 e. The molecule has 0 aliphatic heterocycles. The monoisotopic (exact) mass is 251 g/mol. The summed E-state index contributed by atoms with van der Waals surface area (Å²) in [6.07, 6.45) is 10.4. The molecular formula is C14H23N2O2+. The van der Waals surface area contributed by atoms with Gasteiger partial charge in [0.15, 0.2) is 6.04 Å². The maximum Gasteiger partial charge on any atom is 0.512 e. The van der Waals surface area contributed by atoms with Gasteiger partial charge in [-0.15, -0.1) is 4.58 Å². The number of hydrogen-bond acceptors (Lipinski definition) is 2. The van der Waals surface area contributed by atoms with Crippen LogP contribution in [0.25, 0.3) is 0 Å². The third-order valence-corrected chi connectivity index (χ3v) is 4.07. The van der Waals surface area contributed by atoms with Gasteiger partial charge in [-0.05, 0) is 56.4 Å². The fourth-order valence-electron chi connectivity index (χ4n) is 2.97. The lowest BCUT2D eigenvalue weighted by atomic mass is 9.95. The second-order valence-electron chi connectivity index (χ2n) is 5.47. The van der Waals surface area contributed by atoms with E-state index in [1.165, 1.54) is 30.3 Å². The summed E-state index contributed by atoms with van der Waals surface area (Å²) in [7, 11) is 0. The number of aliphatic imine (C=N–C) groups is 1. The normalized spacial score (nSPS) is 22.2. The summed E-state index contributed by atoms with van der Waals surface area (Å²) in [5, 5.41) is 9.26. The van der Waals surface area contributed by atoms with Crippen LogP contribution >= 0.6 is 0 Å². The van der Waals surface area contributed by atoms with Crippen molar-refractivity contribution in [3.05, 3.63) is 0 Å². The molecule has 18 heavy (non-hydrogen) atoms. The van der Waals surface area contributed by atoms with Crippen molar-refractivity contribution in [2.75, 3.05) is 0 Å². The summed E-state index contributed by atoms with van der Waals surface area (Å²) in [6.45, 7) is 0. The van der Waals surface area contributed by atoms with E-state index in [9.17, 15) is 9.90 Å². The van der Waals surface area contributed by atoms with Crippen LogP contribution in [0.3, 0.4) is 0 Å². The lowest BCUT2D eigenvalue weighted by molar-refractivity contribution is -0.484. The minimum Gasteiger partial charge on any atom is -0.446 e. The molecule has 0 heterocycles. The summed E-state index contributed by atoms with van der Waals surface area (Å²) >= 11 is 0. The molecule has 2 saturated carbocycles. The highest BCUT2D eigenvalue weighted by molar-refractivity contribution is 5.59. The van der Waals surface area contributed by atoms with Crippen LogP contribution in [0.5, 0.6) is 0 Å². The first kappa shape index (κ1) is 13.3. The van der Waals surface area contributed by atoms with Crippen LogP contribution in [0, 0.1) is 0 Å². The van der Waals surface area contributed by atoms with Crippen LogP contribution < -0.4 is 0 Å². The van der Waals surface area contributed by atoms with E-state index in [-0.39, 0.29) is 6.04 Å². The van der Waals surface area contributed by atoms with Crippen molar-refractivity contribution in [2.45, 2.75) is 76.3 Å². The van der Waals surface area contributed by atoms with Crippen LogP contribution in [0.1, 0.15) is 64.2 Å². The summed E-state index contributed by atoms with van der Waals surface area (Å²) < 4.78 is 1.33. The molecule has 0 aromatic heterocycles. The van der Waals surface area contributed by atoms with Crippen molar-refractivity contribution < 1.29 is 14.5 Å². The standard InChI is InChI=1S/C14H22N2O2/c17-14(18)16(13-9-5-2-6-10-13)11-15-12-7-3-1-4-8-12/h12-13H,1-10H2/p+1. The van der Waals surface area contributed by atoms with E-state index in [4.69, 9.17) is 0 Å². The lowest BCUT2D eigenvalue weighted by Crippen LogP contribution is -2.32. The molecule has 4 heteroatoms. The van der Waals surface area contributed by atoms with Crippen molar-refractivity contribution in [3.63, 3.8) is 0 Å². The van der Waals surface area contributed by atoms with Gasteiger partial charge in [-0.2, -0.15) is 4.79 Å². The second-order valence-corrected chi connectivity index (χ2v) is 5.47. The predicted molar refractivity (Wildman–Crippen MR) is 69.5 cm³/mol. The van der Waals surface area contributed by atoms with Gasteiger partial charge in [-0.3, -0.25) is 0 Å². The zero-order valence-electron chi connectivity index (χ0n) is 11.0. The first-order valence-electron chi connectivity index (χ1n) is 7.25. The molecule has 100 valence electrons. The van der Waals surface area contributed by atoms with Crippen molar-refractivity contribution in [3.8, 4) is 0 Å². The zero-order chi connectivity index (χ0) is 12.8. The van der Waals surface area contributed by atoms with Gasteiger partial charge in [0.05, 0.1) is 0 Å². The number of hydrogen-bond donors (Lipinski definition) is 1. The lowest BCUT2D eigenvalue weighted by Gasteiger charge is -2.18. The van der Waals surface area contributed by atoms with Gasteiger partial charge in [-0.25, -0.2) is 0 Å². The quantitative estimate of drug-likeness (QED) is 0.603. The van der Waals surface area contributed by atoms with E-state index in [2.05, 4.69) is 11.0 Å². The molecule has 2 aliphatic carbocycles. The molecule has 2 fully saturated rings. The minimum absolute atomic E-state index is 0.101. The second kappa shape index (κ2) is 6.69. The topological polar surface area (TPSA) is 52.7 Å². The fraction of sp³-hybridized carbons (Fsp3) is 0.857. The number of carboxylic acid groups (broad SMARTS) is 1. The molecule has 2 aliphatic rings. The summed E-state index contributed by atoms with van der Waals surface area (Å²) in [5.74, 6) is 0. The maximum absolute atomic E-state index is 11.3. The molecule has 1 amide bonds. The number of rotatable bonds is 2. The van der Waals surface area contributed by atoms with E-state index in [1.54, 1.807) is 0 Å². The van der Waals surface area contributed by atoms with Crippen molar-refractivity contribution >= 4 is 12.1 Å². The van der Waals surface area contributed by atoms with Crippen molar-refractivity contribution in [1.82, 2.24) is 0 Å². The van der Waals surface area contributed by atoms with E-state index < -0.39 is 6.09 Å². The Kier molecular flexibility index (Phi) is 4.94. The Morgan fingerprint density at radius 3 is 2.11 bits per heavy atom. The average molecular weight is 251 g/mol. The van der Waals surface area contributed by atoms with Gasteiger partial charge >= 0.3 is 12.1 Å². The SMILES string of the molecule is O=C(O)[N+](=C=NC1CCCCC1)C1CCCCC1. The molecule has 0 unspecified atom stereocenters. The van der Waals surface area contributed by atoms with Gasteiger partial charge < -0.3 is 5.11 Å². The molecule has 0 spiro atoms. The Morgan fingerprint density at radius 2 is 1.56 bits per heavy atom. The molecule has 0 atom stereocenters. The van der Waals surface area contributed by atoms with Gasteiger partial charge in [0, 0.05) is 0 Å². The highest BCUT2D eigenvalue weighted by atomic mass is 16.4. The smallest absolute Gasteiger partial charge is 0.446 e. The van der Waals surface area contributed by atoms with Crippen LogP contribution in [0.4, 0.5) is 4.79 Å². The van der Waals surface area contributed by atoms with E-state index in [0.717, 1.165) is 38.5 Å². The Hall–Kier alpha value is -1.15. The van der Waals surface area contributed by atoms with Gasteiger partial charge in [0.25, 0.3) is 0 Å². The van der Waals surface area contributed by atoms with Gasteiger partial charge in [-0.1, -0.05) is 12.8 Å². The van der Waals surface area contributed by atoms with Crippen LogP contribution in [-0.4, -0.2) is 33.9 Å². The molecule has 0 aromatic rings. The molecule has 0 aromatic carbocycles. The highest BCUT2D eigenvalue weighted by Gasteiger charge is 2.26. The third-order valence-electron chi connectivity index (χ3n) is 4.07. The average Bonchev–Trinajstić information content (AvgIpc) is 2.41. The van der Waals surface area contributed by atoms with Gasteiger partial charge in [0.2, 0.25) is 0 Å². The molecule has 0 radical (unpaired) electrons. The number of carbonyl (C=O) groups is 1. The summed E-state index contributed by atoms with van der Waals surface area (Å²) in [5.41, 5.74) is 0. The van der Waals surface area contributed by atoms with Crippen LogP contribution in [0.2, 0.25) is 0 Å². The van der Waals surface area contributed by atoms with Crippen molar-refractivity contribution in [1.29, 1.82) is 0 Å². The third kappa shape index (κ3) is 3.67. The Morgan fingerprint density at radius 1 is 1.00 bits per heavy atom. The zero-order valence-corrected chi connectivity index (χ0v) is 11.0. The fourth-order valence-corrected chi connectivity index (χ4v) is 2.97. The molecular weight excluding hydrogens is 228 g/mol. The minimum atomic E-state index is -0.901. The summed E-state index contributed by atoms with van der Waals surface area (Å²) in [4.78, 5) is 15.6. The molecule has 0 bridgehead atoms. The number of amides is 1. The van der Waals surface area contributed by atoms with Crippen LogP contribution in [0.15, 0.2) is 4.99 Å². The Bertz CT molecular complexity index is 347. The van der Waals surface area contributed by atoms with Crippen molar-refractivity contribution in [2.24, 2.45) is 4.99 Å². The molecule has 2 rings (SSSR count). The molecule has 0 saturated heterocycles. The first-order chi connectivity index (χ1) is 8.77. The van der Waals surface area contributed by atoms with E-state index in [0.29, 0.717) is 6.04 Å². The molecule has 1 N–H and O–H groups in total.